The van der Waals surface area contributed by atoms with Gasteiger partial charge in [0.2, 0.25) is 0 Å². The zero-order valence-electron chi connectivity index (χ0n) is 10.8. The van der Waals surface area contributed by atoms with E-state index in [1.807, 2.05) is 11.4 Å². The smallest absolute Gasteiger partial charge is 0.253 e. The Hall–Kier alpha value is -1.52. The molecule has 2 aromatic rings. The summed E-state index contributed by atoms with van der Waals surface area (Å²) in [5, 5.41) is 5.91. The van der Waals surface area contributed by atoms with E-state index in [4.69, 9.17) is 11.6 Å². The van der Waals surface area contributed by atoms with Crippen LogP contribution in [0.25, 0.3) is 0 Å². The molecule has 0 atom stereocenters. The lowest BCUT2D eigenvalue weighted by Crippen LogP contribution is -2.21. The van der Waals surface area contributed by atoms with Gasteiger partial charge in [0.05, 0.1) is 10.7 Å². The number of hydrogen-bond donors (Lipinski definition) is 1. The molecular formula is C14H15ClN2OS. The summed E-state index contributed by atoms with van der Waals surface area (Å²) in [6, 6.07) is 9.34. The van der Waals surface area contributed by atoms with E-state index in [0.717, 1.165) is 5.69 Å². The predicted molar refractivity (Wildman–Crippen MR) is 81.1 cm³/mol. The van der Waals surface area contributed by atoms with E-state index in [2.05, 4.69) is 11.4 Å². The molecule has 0 bridgehead atoms. The molecule has 1 heterocycles. The number of hydrogen-bond acceptors (Lipinski definition) is 3. The van der Waals surface area contributed by atoms with Crippen molar-refractivity contribution in [1.82, 2.24) is 4.90 Å². The minimum absolute atomic E-state index is 0.0316. The van der Waals surface area contributed by atoms with E-state index in [1.54, 1.807) is 48.5 Å². The Morgan fingerprint density at radius 1 is 1.37 bits per heavy atom. The molecule has 19 heavy (non-hydrogen) atoms. The maximum atomic E-state index is 11.9. The fraction of sp³-hybridized carbons (Fsp3) is 0.214. The Morgan fingerprint density at radius 2 is 2.16 bits per heavy atom. The molecule has 0 aliphatic rings. The summed E-state index contributed by atoms with van der Waals surface area (Å²) in [5.74, 6) is -0.0316. The van der Waals surface area contributed by atoms with Gasteiger partial charge in [-0.3, -0.25) is 4.79 Å². The lowest BCUT2D eigenvalue weighted by atomic mass is 10.2. The first-order valence-corrected chi connectivity index (χ1v) is 7.11. The van der Waals surface area contributed by atoms with E-state index in [9.17, 15) is 4.79 Å². The summed E-state index contributed by atoms with van der Waals surface area (Å²) in [6.45, 7) is 0.705. The fourth-order valence-corrected chi connectivity index (χ4v) is 2.48. The first kappa shape index (κ1) is 13.9. The monoisotopic (exact) mass is 294 g/mol. The number of amides is 1. The average molecular weight is 295 g/mol. The van der Waals surface area contributed by atoms with Crippen molar-refractivity contribution in [2.45, 2.75) is 6.54 Å². The molecule has 5 heteroatoms. The molecular weight excluding hydrogens is 280 g/mol. The summed E-state index contributed by atoms with van der Waals surface area (Å²) in [7, 11) is 3.46. The molecule has 1 N–H and O–H groups in total. The highest BCUT2D eigenvalue weighted by molar-refractivity contribution is 7.09. The number of rotatable bonds is 4. The normalized spacial score (nSPS) is 10.3. The number of carbonyl (C=O) groups excluding carboxylic acids is 1. The van der Waals surface area contributed by atoms with Crippen molar-refractivity contribution in [3.63, 3.8) is 0 Å². The summed E-state index contributed by atoms with van der Waals surface area (Å²) >= 11 is 7.82. The maximum absolute atomic E-state index is 11.9. The number of carbonyl (C=O) groups is 1. The number of benzene rings is 1. The minimum atomic E-state index is -0.0316. The quantitative estimate of drug-likeness (QED) is 0.932. The van der Waals surface area contributed by atoms with Gasteiger partial charge in [-0.2, -0.15) is 0 Å². The van der Waals surface area contributed by atoms with Gasteiger partial charge in [0.15, 0.2) is 0 Å². The van der Waals surface area contributed by atoms with Crippen LogP contribution in [0.1, 0.15) is 15.2 Å². The van der Waals surface area contributed by atoms with Gasteiger partial charge in [-0.1, -0.05) is 17.7 Å². The van der Waals surface area contributed by atoms with Gasteiger partial charge in [0.1, 0.15) is 0 Å². The number of thiophene rings is 1. The van der Waals surface area contributed by atoms with Crippen LogP contribution in [0.15, 0.2) is 35.7 Å². The van der Waals surface area contributed by atoms with Gasteiger partial charge < -0.3 is 10.2 Å². The topological polar surface area (TPSA) is 32.3 Å². The average Bonchev–Trinajstić information content (AvgIpc) is 2.90. The maximum Gasteiger partial charge on any atom is 0.253 e. The van der Waals surface area contributed by atoms with Crippen molar-refractivity contribution >= 4 is 34.5 Å². The molecule has 1 aromatic heterocycles. The molecule has 0 aliphatic heterocycles. The third-order valence-corrected chi connectivity index (χ3v) is 3.86. The molecule has 0 saturated carbocycles. The standard InChI is InChI=1S/C14H15ClN2OS/c1-17(2)14(18)10-5-6-12(15)13(8-10)16-9-11-4-3-7-19-11/h3-8,16H,9H2,1-2H3. The van der Waals surface area contributed by atoms with Gasteiger partial charge in [0.25, 0.3) is 5.91 Å². The largest absolute Gasteiger partial charge is 0.379 e. The molecule has 3 nitrogen and oxygen atoms in total. The molecule has 2 rings (SSSR count). The Bertz CT molecular complexity index is 567. The molecule has 0 fully saturated rings. The second kappa shape index (κ2) is 6.08. The molecule has 0 spiro atoms. The second-order valence-electron chi connectivity index (χ2n) is 4.33. The van der Waals surface area contributed by atoms with Crippen LogP contribution in [-0.4, -0.2) is 24.9 Å². The first-order chi connectivity index (χ1) is 9.08. The molecule has 0 unspecified atom stereocenters. The lowest BCUT2D eigenvalue weighted by molar-refractivity contribution is 0.0827. The van der Waals surface area contributed by atoms with E-state index in [-0.39, 0.29) is 5.91 Å². The summed E-state index contributed by atoms with van der Waals surface area (Å²) in [6.07, 6.45) is 0. The van der Waals surface area contributed by atoms with E-state index in [0.29, 0.717) is 17.1 Å². The predicted octanol–water partition coefficient (Wildman–Crippen LogP) is 3.72. The van der Waals surface area contributed by atoms with Crippen LogP contribution in [-0.2, 0) is 6.54 Å². The SMILES string of the molecule is CN(C)C(=O)c1ccc(Cl)c(NCc2cccs2)c1. The Balaban J connectivity index is 2.15. The Labute approximate surface area is 121 Å². The van der Waals surface area contributed by atoms with Crippen LogP contribution in [0.3, 0.4) is 0 Å². The number of nitrogens with zero attached hydrogens (tertiary/aromatic N) is 1. The molecule has 0 aliphatic carbocycles. The van der Waals surface area contributed by atoms with Crippen molar-refractivity contribution in [2.75, 3.05) is 19.4 Å². The fourth-order valence-electron chi connectivity index (χ4n) is 1.65. The van der Waals surface area contributed by atoms with Gasteiger partial charge in [-0.25, -0.2) is 0 Å². The number of nitrogens with one attached hydrogen (secondary N) is 1. The van der Waals surface area contributed by atoms with Crippen molar-refractivity contribution in [1.29, 1.82) is 0 Å². The zero-order valence-corrected chi connectivity index (χ0v) is 12.4. The van der Waals surface area contributed by atoms with Gasteiger partial charge >= 0.3 is 0 Å². The highest BCUT2D eigenvalue weighted by atomic mass is 35.5. The number of anilines is 1. The second-order valence-corrected chi connectivity index (χ2v) is 5.77. The molecule has 1 aromatic carbocycles. The van der Waals surface area contributed by atoms with E-state index < -0.39 is 0 Å². The van der Waals surface area contributed by atoms with E-state index in [1.165, 1.54) is 4.88 Å². The summed E-state index contributed by atoms with van der Waals surface area (Å²) in [4.78, 5) is 14.7. The van der Waals surface area contributed by atoms with Crippen LogP contribution >= 0.6 is 22.9 Å². The molecule has 0 radical (unpaired) electrons. The van der Waals surface area contributed by atoms with Crippen LogP contribution in [0.5, 0.6) is 0 Å². The third kappa shape index (κ3) is 3.49. The Morgan fingerprint density at radius 3 is 2.79 bits per heavy atom. The minimum Gasteiger partial charge on any atom is -0.379 e. The van der Waals surface area contributed by atoms with Crippen molar-refractivity contribution in [3.8, 4) is 0 Å². The number of halogens is 1. The van der Waals surface area contributed by atoms with Gasteiger partial charge in [0, 0.05) is 31.1 Å². The highest BCUT2D eigenvalue weighted by Crippen LogP contribution is 2.24. The van der Waals surface area contributed by atoms with Gasteiger partial charge in [-0.05, 0) is 29.6 Å². The lowest BCUT2D eigenvalue weighted by Gasteiger charge is -2.13. The van der Waals surface area contributed by atoms with Crippen molar-refractivity contribution in [3.05, 3.63) is 51.2 Å². The molecule has 100 valence electrons. The molecule has 0 saturated heterocycles. The van der Waals surface area contributed by atoms with Crippen LogP contribution in [0.4, 0.5) is 5.69 Å². The van der Waals surface area contributed by atoms with E-state index >= 15 is 0 Å². The zero-order chi connectivity index (χ0) is 13.8. The Kier molecular flexibility index (Phi) is 4.45. The highest BCUT2D eigenvalue weighted by Gasteiger charge is 2.10. The first-order valence-electron chi connectivity index (χ1n) is 5.85. The van der Waals surface area contributed by atoms with Crippen molar-refractivity contribution in [2.24, 2.45) is 0 Å². The molecule has 1 amide bonds. The third-order valence-electron chi connectivity index (χ3n) is 2.65. The van der Waals surface area contributed by atoms with Crippen LogP contribution in [0.2, 0.25) is 5.02 Å². The van der Waals surface area contributed by atoms with Crippen LogP contribution < -0.4 is 5.32 Å². The summed E-state index contributed by atoms with van der Waals surface area (Å²) < 4.78 is 0. The van der Waals surface area contributed by atoms with Gasteiger partial charge in [-0.15, -0.1) is 11.3 Å². The van der Waals surface area contributed by atoms with Crippen molar-refractivity contribution < 1.29 is 4.79 Å². The summed E-state index contributed by atoms with van der Waals surface area (Å²) in [5.41, 5.74) is 1.41. The van der Waals surface area contributed by atoms with Crippen LogP contribution in [0, 0.1) is 0 Å².